The Balaban J connectivity index is 2.11. The van der Waals surface area contributed by atoms with E-state index >= 15 is 0 Å². The van der Waals surface area contributed by atoms with Crippen LogP contribution in [-0.4, -0.2) is 44.4 Å². The molecule has 0 atom stereocenters. The fourth-order valence-electron chi connectivity index (χ4n) is 1.38. The lowest BCUT2D eigenvalue weighted by Gasteiger charge is -2.06. The lowest BCUT2D eigenvalue weighted by atomic mass is 10.3. The maximum absolute atomic E-state index is 11.7. The second-order valence-electron chi connectivity index (χ2n) is 4.30. The summed E-state index contributed by atoms with van der Waals surface area (Å²) in [7, 11) is -4.55. The molecule has 0 amide bonds. The van der Waals surface area contributed by atoms with Crippen molar-refractivity contribution in [1.82, 2.24) is 0 Å². The molecule has 0 unspecified atom stereocenters. The summed E-state index contributed by atoms with van der Waals surface area (Å²) in [6.07, 6.45) is 0.817. The maximum atomic E-state index is 11.7. The van der Waals surface area contributed by atoms with Gasteiger partial charge in [-0.1, -0.05) is 39.8 Å². The standard InChI is InChI=1S/C12H18O6S4/c13-21(14,15)10-4-8-19-20-9-5-11-22(16,17)18-12-6-2-1-3-7-12/h1-3,6-7H,4-5,8-11H2,(H,13,14,15). The molecule has 126 valence electrons. The molecule has 0 aliphatic rings. The highest BCUT2D eigenvalue weighted by atomic mass is 33.1. The number of hydrogen-bond acceptors (Lipinski definition) is 7. The Morgan fingerprint density at radius 1 is 0.909 bits per heavy atom. The second-order valence-corrected chi connectivity index (χ2v) is 10.3. The molecule has 0 fully saturated rings. The van der Waals surface area contributed by atoms with Crippen LogP contribution < -0.4 is 4.18 Å². The average molecular weight is 387 g/mol. The van der Waals surface area contributed by atoms with Crippen molar-refractivity contribution in [3.05, 3.63) is 30.3 Å². The van der Waals surface area contributed by atoms with Gasteiger partial charge in [-0.3, -0.25) is 4.55 Å². The van der Waals surface area contributed by atoms with E-state index in [1.54, 1.807) is 30.3 Å². The van der Waals surface area contributed by atoms with E-state index in [1.165, 1.54) is 21.6 Å². The second kappa shape index (κ2) is 9.66. The molecule has 1 rings (SSSR count). The minimum Gasteiger partial charge on any atom is -0.382 e. The van der Waals surface area contributed by atoms with Gasteiger partial charge >= 0.3 is 10.1 Å². The van der Waals surface area contributed by atoms with Crippen LogP contribution in [0.5, 0.6) is 5.75 Å². The first-order valence-corrected chi connectivity index (χ1v) is 12.1. The van der Waals surface area contributed by atoms with Gasteiger partial charge in [0.2, 0.25) is 0 Å². The van der Waals surface area contributed by atoms with Gasteiger partial charge < -0.3 is 4.18 Å². The van der Waals surface area contributed by atoms with Crippen LogP contribution in [0.1, 0.15) is 12.8 Å². The van der Waals surface area contributed by atoms with Crippen molar-refractivity contribution in [3.8, 4) is 5.75 Å². The lowest BCUT2D eigenvalue weighted by molar-refractivity contribution is 0.481. The molecule has 0 saturated carbocycles. The van der Waals surface area contributed by atoms with E-state index in [0.29, 0.717) is 30.1 Å². The Morgan fingerprint density at radius 2 is 1.45 bits per heavy atom. The van der Waals surface area contributed by atoms with Crippen molar-refractivity contribution in [2.24, 2.45) is 0 Å². The number of rotatable bonds is 11. The van der Waals surface area contributed by atoms with Crippen LogP contribution in [-0.2, 0) is 20.2 Å². The van der Waals surface area contributed by atoms with Crippen molar-refractivity contribution >= 4 is 41.8 Å². The Labute approximate surface area is 139 Å². The monoisotopic (exact) mass is 386 g/mol. The van der Waals surface area contributed by atoms with Gasteiger partial charge in [0.1, 0.15) is 5.75 Å². The topological polar surface area (TPSA) is 97.7 Å². The highest BCUT2D eigenvalue weighted by Crippen LogP contribution is 2.23. The SMILES string of the molecule is O=S(=O)(O)CCCSSCCCS(=O)(=O)Oc1ccccc1. The maximum Gasteiger partial charge on any atom is 0.309 e. The smallest absolute Gasteiger partial charge is 0.309 e. The Kier molecular flexibility index (Phi) is 8.62. The highest BCUT2D eigenvalue weighted by molar-refractivity contribution is 8.76. The summed E-state index contributed by atoms with van der Waals surface area (Å²) in [5.74, 6) is 1.18. The molecule has 22 heavy (non-hydrogen) atoms. The third-order valence-electron chi connectivity index (χ3n) is 2.30. The number of benzene rings is 1. The van der Waals surface area contributed by atoms with E-state index in [0.717, 1.165) is 0 Å². The van der Waals surface area contributed by atoms with E-state index in [9.17, 15) is 16.8 Å². The first kappa shape index (κ1) is 19.6. The zero-order chi connectivity index (χ0) is 16.5. The Morgan fingerprint density at radius 3 is 2.00 bits per heavy atom. The van der Waals surface area contributed by atoms with Gasteiger partial charge in [-0.25, -0.2) is 0 Å². The fourth-order valence-corrected chi connectivity index (χ4v) is 5.41. The molecular weight excluding hydrogens is 368 g/mol. The van der Waals surface area contributed by atoms with Gasteiger partial charge in [-0.15, -0.1) is 0 Å². The van der Waals surface area contributed by atoms with Crippen LogP contribution >= 0.6 is 21.6 Å². The lowest BCUT2D eigenvalue weighted by Crippen LogP contribution is -2.14. The van der Waals surface area contributed by atoms with Crippen LogP contribution in [0.2, 0.25) is 0 Å². The highest BCUT2D eigenvalue weighted by Gasteiger charge is 2.12. The molecule has 0 heterocycles. The van der Waals surface area contributed by atoms with E-state index in [1.807, 2.05) is 0 Å². The predicted molar refractivity (Wildman–Crippen MR) is 91.4 cm³/mol. The molecule has 0 bridgehead atoms. The molecule has 0 saturated heterocycles. The van der Waals surface area contributed by atoms with Crippen molar-refractivity contribution in [3.63, 3.8) is 0 Å². The van der Waals surface area contributed by atoms with E-state index in [4.69, 9.17) is 8.74 Å². The normalized spacial score (nSPS) is 12.2. The van der Waals surface area contributed by atoms with Crippen LogP contribution in [0, 0.1) is 0 Å². The van der Waals surface area contributed by atoms with Gasteiger partial charge in [-0.2, -0.15) is 16.8 Å². The third kappa shape index (κ3) is 10.3. The fraction of sp³-hybridized carbons (Fsp3) is 0.500. The minimum absolute atomic E-state index is 0.0690. The first-order chi connectivity index (χ1) is 10.3. The summed E-state index contributed by atoms with van der Waals surface area (Å²) in [6, 6.07) is 8.33. The van der Waals surface area contributed by atoms with E-state index in [-0.39, 0.29) is 11.5 Å². The molecule has 1 N–H and O–H groups in total. The molecule has 1 aromatic carbocycles. The van der Waals surface area contributed by atoms with Gasteiger partial charge in [0.25, 0.3) is 10.1 Å². The van der Waals surface area contributed by atoms with Crippen LogP contribution in [0.15, 0.2) is 30.3 Å². The minimum atomic E-state index is -3.89. The summed E-state index contributed by atoms with van der Waals surface area (Å²) in [5, 5.41) is 0. The van der Waals surface area contributed by atoms with Crippen LogP contribution in [0.4, 0.5) is 0 Å². The predicted octanol–water partition coefficient (Wildman–Crippen LogP) is 2.44. The van der Waals surface area contributed by atoms with Gasteiger partial charge in [0.15, 0.2) is 0 Å². The summed E-state index contributed by atoms with van der Waals surface area (Å²) in [6.45, 7) is 0. The summed E-state index contributed by atoms with van der Waals surface area (Å²) < 4.78 is 57.9. The molecule has 1 aromatic rings. The van der Waals surface area contributed by atoms with Crippen molar-refractivity contribution < 1.29 is 25.6 Å². The summed E-state index contributed by atoms with van der Waals surface area (Å²) in [5.41, 5.74) is 0. The molecule has 0 spiro atoms. The van der Waals surface area contributed by atoms with Gasteiger partial charge in [0.05, 0.1) is 11.5 Å². The quantitative estimate of drug-likeness (QED) is 0.268. The Bertz CT molecular complexity index is 627. The first-order valence-electron chi connectivity index (χ1n) is 6.45. The van der Waals surface area contributed by atoms with Crippen molar-refractivity contribution in [2.75, 3.05) is 23.0 Å². The Hall–Kier alpha value is -0.420. The zero-order valence-electron chi connectivity index (χ0n) is 11.8. The number of hydrogen-bond donors (Lipinski definition) is 1. The van der Waals surface area contributed by atoms with Gasteiger partial charge in [0, 0.05) is 11.5 Å². The zero-order valence-corrected chi connectivity index (χ0v) is 15.0. The summed E-state index contributed by atoms with van der Waals surface area (Å²) >= 11 is 0. The third-order valence-corrected chi connectivity index (χ3v) is 6.92. The van der Waals surface area contributed by atoms with Crippen molar-refractivity contribution in [2.45, 2.75) is 12.8 Å². The molecule has 0 aromatic heterocycles. The van der Waals surface area contributed by atoms with Crippen LogP contribution in [0.3, 0.4) is 0 Å². The largest absolute Gasteiger partial charge is 0.382 e. The molecule has 6 nitrogen and oxygen atoms in total. The molecule has 10 heteroatoms. The average Bonchev–Trinajstić information content (AvgIpc) is 2.41. The number of para-hydroxylation sites is 1. The van der Waals surface area contributed by atoms with E-state index in [2.05, 4.69) is 0 Å². The molecule has 0 aliphatic heterocycles. The molecular formula is C12H18O6S4. The molecule has 0 radical (unpaired) electrons. The van der Waals surface area contributed by atoms with Crippen LogP contribution in [0.25, 0.3) is 0 Å². The summed E-state index contributed by atoms with van der Waals surface area (Å²) in [4.78, 5) is 0. The van der Waals surface area contributed by atoms with Gasteiger partial charge in [-0.05, 0) is 25.0 Å². The van der Waals surface area contributed by atoms with Crippen molar-refractivity contribution in [1.29, 1.82) is 0 Å². The molecule has 0 aliphatic carbocycles. The van der Waals surface area contributed by atoms with E-state index < -0.39 is 20.2 Å².